The van der Waals surface area contributed by atoms with Crippen LogP contribution in [0.3, 0.4) is 0 Å². The van der Waals surface area contributed by atoms with E-state index in [2.05, 4.69) is 20.5 Å². The molecule has 21 heavy (non-hydrogen) atoms. The number of rotatable bonds is 6. The number of hydrogen-bond acceptors (Lipinski definition) is 4. The number of carbonyl (C=O) groups excluding carboxylic acids is 1. The van der Waals surface area contributed by atoms with Crippen molar-refractivity contribution in [1.82, 2.24) is 20.5 Å². The van der Waals surface area contributed by atoms with Gasteiger partial charge in [-0.25, -0.2) is 4.98 Å². The van der Waals surface area contributed by atoms with Gasteiger partial charge in [0.15, 0.2) is 0 Å². The molecule has 0 radical (unpaired) electrons. The highest BCUT2D eigenvalue weighted by molar-refractivity contribution is 5.90. The molecule has 0 bridgehead atoms. The van der Waals surface area contributed by atoms with Gasteiger partial charge in [0.05, 0.1) is 6.61 Å². The predicted molar refractivity (Wildman–Crippen MR) is 77.1 cm³/mol. The topological polar surface area (TPSA) is 79.9 Å². The highest BCUT2D eigenvalue weighted by Crippen LogP contribution is 2.37. The molecular formula is C15H18N4O2. The molecule has 6 heteroatoms. The fraction of sp³-hybridized carbons (Fsp3) is 0.400. The molecule has 1 saturated carbocycles. The number of aromatic amines is 1. The zero-order valence-electron chi connectivity index (χ0n) is 11.9. The van der Waals surface area contributed by atoms with Crippen LogP contribution >= 0.6 is 0 Å². The van der Waals surface area contributed by atoms with Crippen LogP contribution in [-0.4, -0.2) is 27.7 Å². The van der Waals surface area contributed by atoms with E-state index in [-0.39, 0.29) is 11.7 Å². The molecule has 1 aromatic heterocycles. The van der Waals surface area contributed by atoms with Crippen molar-refractivity contribution in [3.05, 3.63) is 41.5 Å². The lowest BCUT2D eigenvalue weighted by atomic mass is 10.2. The molecule has 1 aliphatic rings. The van der Waals surface area contributed by atoms with E-state index in [1.165, 1.54) is 0 Å². The number of hydrogen-bond donors (Lipinski definition) is 2. The van der Waals surface area contributed by atoms with Crippen LogP contribution in [0.15, 0.2) is 24.3 Å². The van der Waals surface area contributed by atoms with E-state index in [0.717, 1.165) is 30.0 Å². The van der Waals surface area contributed by atoms with Crippen LogP contribution in [0.4, 0.5) is 0 Å². The van der Waals surface area contributed by atoms with Gasteiger partial charge in [-0.15, -0.1) is 5.10 Å². The number of nitrogens with one attached hydrogen (secondary N) is 2. The zero-order valence-corrected chi connectivity index (χ0v) is 11.9. The summed E-state index contributed by atoms with van der Waals surface area (Å²) in [6, 6.07) is 7.66. The number of aromatic nitrogens is 3. The Balaban J connectivity index is 1.58. The van der Waals surface area contributed by atoms with Crippen molar-refractivity contribution in [2.45, 2.75) is 32.2 Å². The lowest BCUT2D eigenvalue weighted by Gasteiger charge is -2.06. The number of carbonyl (C=O) groups is 1. The fourth-order valence-electron chi connectivity index (χ4n) is 2.09. The second kappa shape index (κ2) is 5.95. The predicted octanol–water partition coefficient (Wildman–Crippen LogP) is 2.01. The number of ether oxygens (including phenoxy) is 1. The van der Waals surface area contributed by atoms with E-state index in [0.29, 0.717) is 19.1 Å². The van der Waals surface area contributed by atoms with Crippen molar-refractivity contribution in [3.8, 4) is 5.75 Å². The largest absolute Gasteiger partial charge is 0.494 e. The van der Waals surface area contributed by atoms with Gasteiger partial charge in [-0.2, -0.15) is 0 Å². The van der Waals surface area contributed by atoms with E-state index in [9.17, 15) is 4.79 Å². The van der Waals surface area contributed by atoms with Gasteiger partial charge in [-0.1, -0.05) is 12.1 Å². The van der Waals surface area contributed by atoms with Crippen LogP contribution in [-0.2, 0) is 6.54 Å². The average molecular weight is 286 g/mol. The molecule has 0 spiro atoms. The van der Waals surface area contributed by atoms with Gasteiger partial charge in [0.25, 0.3) is 5.91 Å². The van der Waals surface area contributed by atoms with Gasteiger partial charge in [-0.3, -0.25) is 9.89 Å². The molecule has 1 aromatic carbocycles. The van der Waals surface area contributed by atoms with Crippen LogP contribution in [0.5, 0.6) is 5.75 Å². The highest BCUT2D eigenvalue weighted by Gasteiger charge is 2.28. The molecule has 110 valence electrons. The van der Waals surface area contributed by atoms with Crippen molar-refractivity contribution in [2.75, 3.05) is 6.61 Å². The maximum atomic E-state index is 12.0. The summed E-state index contributed by atoms with van der Waals surface area (Å²) in [6.45, 7) is 2.99. The monoisotopic (exact) mass is 286 g/mol. The minimum absolute atomic E-state index is 0.206. The maximum absolute atomic E-state index is 12.0. The SMILES string of the molecule is CCOc1cccc(CNC(=O)c2n[nH]c(C3CC3)n2)c1. The Hall–Kier alpha value is -2.37. The molecule has 2 aromatic rings. The standard InChI is InChI=1S/C15H18N4O2/c1-2-21-12-5-3-4-10(8-12)9-16-15(20)14-17-13(18-19-14)11-6-7-11/h3-5,8,11H,2,6-7,9H2,1H3,(H,16,20)(H,17,18,19). The second-order valence-electron chi connectivity index (χ2n) is 5.08. The minimum Gasteiger partial charge on any atom is -0.494 e. The summed E-state index contributed by atoms with van der Waals surface area (Å²) in [5.74, 6) is 2.02. The smallest absolute Gasteiger partial charge is 0.291 e. The first kappa shape index (κ1) is 13.6. The average Bonchev–Trinajstić information content (AvgIpc) is 3.23. The van der Waals surface area contributed by atoms with Crippen LogP contribution in [0.2, 0.25) is 0 Å². The van der Waals surface area contributed by atoms with Gasteiger partial charge in [0.2, 0.25) is 5.82 Å². The number of H-pyrrole nitrogens is 1. The summed E-state index contributed by atoms with van der Waals surface area (Å²) >= 11 is 0. The van der Waals surface area contributed by atoms with Gasteiger partial charge in [0, 0.05) is 12.5 Å². The molecule has 3 rings (SSSR count). The first-order valence-corrected chi connectivity index (χ1v) is 7.18. The van der Waals surface area contributed by atoms with E-state index < -0.39 is 0 Å². The van der Waals surface area contributed by atoms with Crippen molar-refractivity contribution < 1.29 is 9.53 Å². The Labute approximate surface area is 122 Å². The molecule has 2 N–H and O–H groups in total. The molecule has 6 nitrogen and oxygen atoms in total. The highest BCUT2D eigenvalue weighted by atomic mass is 16.5. The second-order valence-corrected chi connectivity index (χ2v) is 5.08. The van der Waals surface area contributed by atoms with Crippen molar-refractivity contribution >= 4 is 5.91 Å². The van der Waals surface area contributed by atoms with Crippen LogP contribution in [0.25, 0.3) is 0 Å². The number of nitrogens with zero attached hydrogens (tertiary/aromatic N) is 2. The van der Waals surface area contributed by atoms with Crippen LogP contribution in [0, 0.1) is 0 Å². The van der Waals surface area contributed by atoms with Gasteiger partial charge in [-0.05, 0) is 37.5 Å². The van der Waals surface area contributed by atoms with Crippen LogP contribution in [0.1, 0.15) is 47.7 Å². The van der Waals surface area contributed by atoms with Crippen molar-refractivity contribution in [1.29, 1.82) is 0 Å². The summed E-state index contributed by atoms with van der Waals surface area (Å²) < 4.78 is 5.43. The van der Waals surface area contributed by atoms with Crippen LogP contribution < -0.4 is 10.1 Å². The molecule has 1 aliphatic carbocycles. The van der Waals surface area contributed by atoms with Gasteiger partial charge in [0.1, 0.15) is 11.6 Å². The molecule has 1 amide bonds. The minimum atomic E-state index is -0.264. The normalized spacial score (nSPS) is 14.0. The molecule has 0 atom stereocenters. The number of benzene rings is 1. The molecule has 1 fully saturated rings. The van der Waals surface area contributed by atoms with E-state index in [1.807, 2.05) is 31.2 Å². The Morgan fingerprint density at radius 1 is 1.48 bits per heavy atom. The summed E-state index contributed by atoms with van der Waals surface area (Å²) in [5.41, 5.74) is 0.979. The maximum Gasteiger partial charge on any atom is 0.291 e. The lowest BCUT2D eigenvalue weighted by Crippen LogP contribution is -2.24. The van der Waals surface area contributed by atoms with E-state index >= 15 is 0 Å². The number of amides is 1. The Bertz CT molecular complexity index is 634. The molecule has 0 unspecified atom stereocenters. The Morgan fingerprint density at radius 2 is 2.33 bits per heavy atom. The lowest BCUT2D eigenvalue weighted by molar-refractivity contribution is 0.0941. The molecule has 0 aliphatic heterocycles. The fourth-order valence-corrected chi connectivity index (χ4v) is 2.09. The first-order chi connectivity index (χ1) is 10.3. The van der Waals surface area contributed by atoms with Gasteiger partial charge >= 0.3 is 0 Å². The summed E-state index contributed by atoms with van der Waals surface area (Å²) in [6.07, 6.45) is 2.25. The third kappa shape index (κ3) is 3.39. The third-order valence-corrected chi connectivity index (χ3v) is 3.33. The molecule has 1 heterocycles. The molecular weight excluding hydrogens is 268 g/mol. The summed E-state index contributed by atoms with van der Waals surface area (Å²) in [7, 11) is 0. The quantitative estimate of drug-likeness (QED) is 0.851. The zero-order chi connectivity index (χ0) is 14.7. The van der Waals surface area contributed by atoms with Gasteiger partial charge < -0.3 is 10.1 Å². The van der Waals surface area contributed by atoms with Crippen molar-refractivity contribution in [3.63, 3.8) is 0 Å². The Morgan fingerprint density at radius 3 is 3.10 bits per heavy atom. The third-order valence-electron chi connectivity index (χ3n) is 3.33. The summed E-state index contributed by atoms with van der Waals surface area (Å²) in [5, 5.41) is 9.61. The van der Waals surface area contributed by atoms with E-state index in [1.54, 1.807) is 0 Å². The first-order valence-electron chi connectivity index (χ1n) is 7.18. The summed E-state index contributed by atoms with van der Waals surface area (Å²) in [4.78, 5) is 16.2. The van der Waals surface area contributed by atoms with Crippen molar-refractivity contribution in [2.24, 2.45) is 0 Å². The molecule has 0 saturated heterocycles. The Kier molecular flexibility index (Phi) is 3.85. The van der Waals surface area contributed by atoms with E-state index in [4.69, 9.17) is 4.74 Å².